The molecule has 1 aliphatic heterocycles. The lowest BCUT2D eigenvalue weighted by Gasteiger charge is -2.46. The van der Waals surface area contributed by atoms with Gasteiger partial charge < -0.3 is 20.5 Å². The Kier molecular flexibility index (Phi) is 6.21. The number of carbonyl (C=O) groups excluding carboxylic acids is 1. The maximum atomic E-state index is 12.0. The Bertz CT molecular complexity index is 1560. The van der Waals surface area contributed by atoms with Gasteiger partial charge in [0.25, 0.3) is 0 Å². The lowest BCUT2D eigenvalue weighted by molar-refractivity contribution is -0.128. The molecule has 11 heteroatoms. The van der Waals surface area contributed by atoms with E-state index >= 15 is 0 Å². The van der Waals surface area contributed by atoms with E-state index < -0.39 is 11.0 Å². The highest BCUT2D eigenvalue weighted by atomic mass is 35.5. The zero-order valence-corrected chi connectivity index (χ0v) is 21.9. The maximum Gasteiger partial charge on any atom is 0.226 e. The summed E-state index contributed by atoms with van der Waals surface area (Å²) in [7, 11) is 0. The largest absolute Gasteiger partial charge is 0.474 e. The van der Waals surface area contributed by atoms with Gasteiger partial charge in [-0.1, -0.05) is 23.7 Å². The molecule has 4 aromatic rings. The van der Waals surface area contributed by atoms with Gasteiger partial charge in [0.15, 0.2) is 5.65 Å². The summed E-state index contributed by atoms with van der Waals surface area (Å²) in [5.41, 5.74) is 7.48. The van der Waals surface area contributed by atoms with E-state index in [1.807, 2.05) is 30.0 Å². The number of nitrogens with two attached hydrogens (primary N) is 1. The van der Waals surface area contributed by atoms with Crippen molar-refractivity contribution < 1.29 is 14.6 Å². The fourth-order valence-corrected chi connectivity index (χ4v) is 4.45. The van der Waals surface area contributed by atoms with E-state index in [1.165, 1.54) is 0 Å². The van der Waals surface area contributed by atoms with Gasteiger partial charge >= 0.3 is 0 Å². The minimum absolute atomic E-state index is 0.0193. The molecule has 10 nitrogen and oxygen atoms in total. The number of ether oxygens (including phenoxy) is 1. The predicted octanol–water partition coefficient (Wildman–Crippen LogP) is 3.44. The van der Waals surface area contributed by atoms with Crippen LogP contribution in [0.2, 0.25) is 5.02 Å². The SMILES string of the molecule is CC(C)(O)COc1cc(N2CC(C)(C(N)=O)C2)n2nc(-c3ccc(C#N)nc3)c(-c3ccc(Cl)cc3)c2n1. The third-order valence-electron chi connectivity index (χ3n) is 6.40. The second-order valence-corrected chi connectivity index (χ2v) is 10.8. The summed E-state index contributed by atoms with van der Waals surface area (Å²) in [4.78, 5) is 23.0. The number of nitrogens with zero attached hydrogens (tertiary/aromatic N) is 6. The number of rotatable bonds is 7. The van der Waals surface area contributed by atoms with Gasteiger partial charge in [-0.3, -0.25) is 4.79 Å². The Morgan fingerprint density at radius 2 is 1.92 bits per heavy atom. The molecule has 1 saturated heterocycles. The van der Waals surface area contributed by atoms with Crippen molar-refractivity contribution in [2.24, 2.45) is 11.1 Å². The van der Waals surface area contributed by atoms with Crippen LogP contribution in [0.25, 0.3) is 28.0 Å². The number of hydrogen-bond acceptors (Lipinski definition) is 8. The lowest BCUT2D eigenvalue weighted by atomic mass is 9.81. The molecular formula is C27H26ClN7O3. The number of aromatic nitrogens is 4. The summed E-state index contributed by atoms with van der Waals surface area (Å²) in [6, 6.07) is 14.5. The lowest BCUT2D eigenvalue weighted by Crippen LogP contribution is -2.61. The maximum absolute atomic E-state index is 12.0. The number of halogens is 1. The first-order valence-corrected chi connectivity index (χ1v) is 12.3. The Balaban J connectivity index is 1.74. The van der Waals surface area contributed by atoms with Gasteiger partial charge in [0.05, 0.1) is 16.6 Å². The highest BCUT2D eigenvalue weighted by Crippen LogP contribution is 2.40. The molecule has 1 amide bonds. The highest BCUT2D eigenvalue weighted by Gasteiger charge is 2.45. The Morgan fingerprint density at radius 3 is 2.50 bits per heavy atom. The number of carbonyl (C=O) groups is 1. The van der Waals surface area contributed by atoms with Crippen molar-refractivity contribution in [1.29, 1.82) is 5.26 Å². The first kappa shape index (κ1) is 25.4. The number of aliphatic hydroxyl groups is 1. The number of amides is 1. The highest BCUT2D eigenvalue weighted by molar-refractivity contribution is 6.30. The van der Waals surface area contributed by atoms with Crippen molar-refractivity contribution in [1.82, 2.24) is 19.6 Å². The van der Waals surface area contributed by atoms with Gasteiger partial charge in [-0.05, 0) is 50.6 Å². The molecule has 1 aliphatic rings. The predicted molar refractivity (Wildman–Crippen MR) is 143 cm³/mol. The van der Waals surface area contributed by atoms with Gasteiger partial charge in [0.1, 0.15) is 29.9 Å². The number of primary amides is 1. The first-order chi connectivity index (χ1) is 18.0. The normalized spacial score (nSPS) is 14.7. The van der Waals surface area contributed by atoms with Crippen LogP contribution < -0.4 is 15.4 Å². The standard InChI is InChI=1S/C27H26ClN7O3/c1-26(2,37)15-38-20-10-21(34-13-27(3,14-34)25(30)36)35-24(32-20)22(16-4-7-18(28)8-5-16)23(33-35)17-6-9-19(11-29)31-12-17/h4-10,12,37H,13-15H2,1-3H3,(H2,30,36). The van der Waals surface area contributed by atoms with Crippen molar-refractivity contribution in [3.8, 4) is 34.3 Å². The molecule has 1 fully saturated rings. The second kappa shape index (κ2) is 9.28. The van der Waals surface area contributed by atoms with Crippen molar-refractivity contribution in [3.63, 3.8) is 0 Å². The number of nitriles is 1. The molecule has 194 valence electrons. The third kappa shape index (κ3) is 4.74. The van der Waals surface area contributed by atoms with Crippen LogP contribution in [0, 0.1) is 16.7 Å². The topological polar surface area (TPSA) is 143 Å². The van der Waals surface area contributed by atoms with Gasteiger partial charge in [0, 0.05) is 35.9 Å². The minimum Gasteiger partial charge on any atom is -0.474 e. The summed E-state index contributed by atoms with van der Waals surface area (Å²) in [6.45, 7) is 5.94. The summed E-state index contributed by atoms with van der Waals surface area (Å²) >= 11 is 6.17. The van der Waals surface area contributed by atoms with E-state index in [2.05, 4.69) is 4.98 Å². The molecule has 3 aromatic heterocycles. The number of pyridine rings is 1. The fraction of sp³-hybridized carbons (Fsp3) is 0.296. The molecule has 0 unspecified atom stereocenters. The first-order valence-electron chi connectivity index (χ1n) is 11.9. The molecule has 0 atom stereocenters. The van der Waals surface area contributed by atoms with Crippen LogP contribution in [-0.2, 0) is 4.79 Å². The van der Waals surface area contributed by atoms with Gasteiger partial charge in [-0.2, -0.15) is 19.9 Å². The number of fused-ring (bicyclic) bond motifs is 1. The molecule has 1 aromatic carbocycles. The van der Waals surface area contributed by atoms with Crippen LogP contribution in [0.3, 0.4) is 0 Å². The third-order valence-corrected chi connectivity index (χ3v) is 6.65. The van der Waals surface area contributed by atoms with Gasteiger partial charge in [-0.25, -0.2) is 4.98 Å². The fourth-order valence-electron chi connectivity index (χ4n) is 4.33. The average molecular weight is 532 g/mol. The zero-order chi connectivity index (χ0) is 27.2. The molecule has 38 heavy (non-hydrogen) atoms. The van der Waals surface area contributed by atoms with Crippen LogP contribution in [0.4, 0.5) is 5.82 Å². The van der Waals surface area contributed by atoms with Crippen LogP contribution in [-0.4, -0.2) is 55.9 Å². The summed E-state index contributed by atoms with van der Waals surface area (Å²) in [5.74, 6) is 0.577. The molecule has 0 radical (unpaired) electrons. The summed E-state index contributed by atoms with van der Waals surface area (Å²) in [6.07, 6.45) is 1.60. The molecule has 4 heterocycles. The summed E-state index contributed by atoms with van der Waals surface area (Å²) in [5, 5.41) is 24.9. The quantitative estimate of drug-likeness (QED) is 0.369. The molecule has 0 saturated carbocycles. The Morgan fingerprint density at radius 1 is 1.24 bits per heavy atom. The minimum atomic E-state index is -1.08. The van der Waals surface area contributed by atoms with E-state index in [9.17, 15) is 15.2 Å². The second-order valence-electron chi connectivity index (χ2n) is 10.3. The monoisotopic (exact) mass is 531 g/mol. The zero-order valence-electron chi connectivity index (χ0n) is 21.1. The van der Waals surface area contributed by atoms with Gasteiger partial charge in [-0.15, -0.1) is 0 Å². The molecular weight excluding hydrogens is 506 g/mol. The van der Waals surface area contributed by atoms with Crippen molar-refractivity contribution in [3.05, 3.63) is 59.4 Å². The van der Waals surface area contributed by atoms with E-state index in [-0.39, 0.29) is 18.2 Å². The van der Waals surface area contributed by atoms with E-state index in [0.717, 1.165) is 5.56 Å². The van der Waals surface area contributed by atoms with Crippen LogP contribution >= 0.6 is 11.6 Å². The Hall–Kier alpha value is -4.20. The Labute approximate surface area is 224 Å². The van der Waals surface area contributed by atoms with Crippen molar-refractivity contribution >= 4 is 29.0 Å². The molecule has 3 N–H and O–H groups in total. The number of anilines is 1. The van der Waals surface area contributed by atoms with E-state index in [0.29, 0.717) is 52.3 Å². The molecule has 5 rings (SSSR count). The van der Waals surface area contributed by atoms with Crippen LogP contribution in [0.15, 0.2) is 48.7 Å². The van der Waals surface area contributed by atoms with Crippen molar-refractivity contribution in [2.75, 3.05) is 24.6 Å². The van der Waals surface area contributed by atoms with E-state index in [4.69, 9.17) is 32.2 Å². The van der Waals surface area contributed by atoms with Gasteiger partial charge in [0.2, 0.25) is 11.8 Å². The average Bonchev–Trinajstić information content (AvgIpc) is 3.24. The van der Waals surface area contributed by atoms with Crippen LogP contribution in [0.1, 0.15) is 26.5 Å². The molecule has 0 spiro atoms. The number of hydrogen-bond donors (Lipinski definition) is 2. The molecule has 0 aliphatic carbocycles. The van der Waals surface area contributed by atoms with Crippen LogP contribution in [0.5, 0.6) is 5.88 Å². The number of benzene rings is 1. The smallest absolute Gasteiger partial charge is 0.226 e. The van der Waals surface area contributed by atoms with E-state index in [1.54, 1.807) is 54.9 Å². The molecule has 0 bridgehead atoms. The van der Waals surface area contributed by atoms with Crippen molar-refractivity contribution in [2.45, 2.75) is 26.4 Å². The summed E-state index contributed by atoms with van der Waals surface area (Å²) < 4.78 is 7.61.